The van der Waals surface area contributed by atoms with Crippen molar-refractivity contribution < 1.29 is 9.18 Å². The van der Waals surface area contributed by atoms with Gasteiger partial charge in [-0.05, 0) is 67.9 Å². The topological polar surface area (TPSA) is 53.4 Å². The summed E-state index contributed by atoms with van der Waals surface area (Å²) < 4.78 is 15.0. The van der Waals surface area contributed by atoms with Crippen molar-refractivity contribution in [2.24, 2.45) is 0 Å². The molecule has 1 aliphatic heterocycles. The van der Waals surface area contributed by atoms with E-state index in [-0.39, 0.29) is 11.7 Å². The highest BCUT2D eigenvalue weighted by Gasteiger charge is 2.20. The van der Waals surface area contributed by atoms with Crippen LogP contribution in [0.5, 0.6) is 0 Å². The Kier molecular flexibility index (Phi) is 6.55. The number of carbonyl (C=O) groups excluding carboxylic acids is 1. The largest absolute Gasteiger partial charge is 0.369 e. The Hall–Kier alpha value is -3.19. The minimum atomic E-state index is -0.303. The number of hydrogen-bond acceptors (Lipinski definition) is 4. The standard InChI is InChI=1S/C25H30FN5O/c1-4-23-22(17-27-31(23)21-9-6-19(26)7-10-21)25(32)28-20-8-11-24(18(3)16-20)30-14-12-29(5-2)13-15-30/h6-11,16-17H,4-5,12-15H2,1-3H3,(H,28,32). The summed E-state index contributed by atoms with van der Waals surface area (Å²) in [7, 11) is 0. The highest BCUT2D eigenvalue weighted by atomic mass is 19.1. The van der Waals surface area contributed by atoms with Crippen LogP contribution in [0.25, 0.3) is 5.69 Å². The van der Waals surface area contributed by atoms with Crippen LogP contribution in [0.1, 0.15) is 35.5 Å². The smallest absolute Gasteiger partial charge is 0.259 e. The van der Waals surface area contributed by atoms with Gasteiger partial charge in [-0.3, -0.25) is 4.79 Å². The molecule has 3 aromatic rings. The predicted molar refractivity (Wildman–Crippen MR) is 126 cm³/mol. The number of nitrogens with one attached hydrogen (secondary N) is 1. The van der Waals surface area contributed by atoms with Crippen molar-refractivity contribution in [1.82, 2.24) is 14.7 Å². The minimum Gasteiger partial charge on any atom is -0.369 e. The Bertz CT molecular complexity index is 1080. The minimum absolute atomic E-state index is 0.195. The van der Waals surface area contributed by atoms with E-state index in [9.17, 15) is 9.18 Å². The third-order valence-electron chi connectivity index (χ3n) is 6.13. The van der Waals surface area contributed by atoms with E-state index in [0.29, 0.717) is 12.0 Å². The van der Waals surface area contributed by atoms with Crippen molar-refractivity contribution in [1.29, 1.82) is 0 Å². The lowest BCUT2D eigenvalue weighted by Crippen LogP contribution is -2.46. The molecule has 0 spiro atoms. The summed E-state index contributed by atoms with van der Waals surface area (Å²) in [4.78, 5) is 17.9. The van der Waals surface area contributed by atoms with E-state index in [4.69, 9.17) is 0 Å². The molecule has 1 N–H and O–H groups in total. The Morgan fingerprint density at radius 1 is 1.06 bits per heavy atom. The van der Waals surface area contributed by atoms with E-state index in [2.05, 4.69) is 40.1 Å². The van der Waals surface area contributed by atoms with Crippen LogP contribution >= 0.6 is 0 Å². The van der Waals surface area contributed by atoms with E-state index in [1.54, 1.807) is 23.0 Å². The molecule has 168 valence electrons. The number of rotatable bonds is 6. The van der Waals surface area contributed by atoms with Gasteiger partial charge in [-0.1, -0.05) is 13.8 Å². The number of halogens is 1. The van der Waals surface area contributed by atoms with E-state index in [1.165, 1.54) is 17.8 Å². The maximum Gasteiger partial charge on any atom is 0.259 e. The Labute approximate surface area is 188 Å². The van der Waals surface area contributed by atoms with Gasteiger partial charge < -0.3 is 15.1 Å². The molecule has 2 heterocycles. The molecule has 6 nitrogen and oxygen atoms in total. The van der Waals surface area contributed by atoms with Gasteiger partial charge in [-0.25, -0.2) is 9.07 Å². The summed E-state index contributed by atoms with van der Waals surface area (Å²) >= 11 is 0. The van der Waals surface area contributed by atoms with Crippen LogP contribution in [0, 0.1) is 12.7 Å². The zero-order chi connectivity index (χ0) is 22.7. The van der Waals surface area contributed by atoms with Gasteiger partial charge in [0.05, 0.1) is 23.1 Å². The van der Waals surface area contributed by atoms with E-state index in [0.717, 1.165) is 55.4 Å². The summed E-state index contributed by atoms with van der Waals surface area (Å²) in [5.74, 6) is -0.498. The van der Waals surface area contributed by atoms with Crippen molar-refractivity contribution in [3.8, 4) is 5.69 Å². The molecule has 4 rings (SSSR count). The monoisotopic (exact) mass is 435 g/mol. The molecule has 0 aliphatic carbocycles. The predicted octanol–water partition coefficient (Wildman–Crippen LogP) is 4.28. The number of aromatic nitrogens is 2. The molecule has 7 heteroatoms. The summed E-state index contributed by atoms with van der Waals surface area (Å²) in [5.41, 5.74) is 5.17. The number of piperazine rings is 1. The van der Waals surface area contributed by atoms with Crippen LogP contribution in [0.2, 0.25) is 0 Å². The summed E-state index contributed by atoms with van der Waals surface area (Å²) in [6, 6.07) is 12.2. The highest BCUT2D eigenvalue weighted by molar-refractivity contribution is 6.05. The average molecular weight is 436 g/mol. The van der Waals surface area contributed by atoms with Crippen molar-refractivity contribution in [2.45, 2.75) is 27.2 Å². The molecule has 1 aliphatic rings. The van der Waals surface area contributed by atoms with Crippen molar-refractivity contribution in [3.63, 3.8) is 0 Å². The van der Waals surface area contributed by atoms with Crippen molar-refractivity contribution >= 4 is 17.3 Å². The van der Waals surface area contributed by atoms with Gasteiger partial charge in [-0.2, -0.15) is 5.10 Å². The van der Waals surface area contributed by atoms with Crippen LogP contribution in [0.4, 0.5) is 15.8 Å². The summed E-state index contributed by atoms with van der Waals surface area (Å²) in [6.45, 7) is 11.5. The number of likely N-dealkylation sites (N-methyl/N-ethyl adjacent to an activating group) is 1. The van der Waals surface area contributed by atoms with E-state index in [1.807, 2.05) is 19.1 Å². The van der Waals surface area contributed by atoms with Crippen LogP contribution in [-0.4, -0.2) is 53.3 Å². The number of aryl methyl sites for hydroxylation is 1. The lowest BCUT2D eigenvalue weighted by atomic mass is 10.1. The van der Waals surface area contributed by atoms with Crippen LogP contribution < -0.4 is 10.2 Å². The van der Waals surface area contributed by atoms with Gasteiger partial charge >= 0.3 is 0 Å². The molecule has 0 saturated carbocycles. The second-order valence-corrected chi connectivity index (χ2v) is 8.12. The molecule has 1 saturated heterocycles. The highest BCUT2D eigenvalue weighted by Crippen LogP contribution is 2.25. The summed E-state index contributed by atoms with van der Waals surface area (Å²) in [5, 5.41) is 7.39. The zero-order valence-corrected chi connectivity index (χ0v) is 18.9. The number of nitrogens with zero attached hydrogens (tertiary/aromatic N) is 4. The maximum atomic E-state index is 13.3. The first-order valence-corrected chi connectivity index (χ1v) is 11.2. The molecular formula is C25H30FN5O. The van der Waals surface area contributed by atoms with E-state index < -0.39 is 0 Å². The number of benzene rings is 2. The lowest BCUT2D eigenvalue weighted by Gasteiger charge is -2.36. The Morgan fingerprint density at radius 2 is 1.78 bits per heavy atom. The first-order chi connectivity index (χ1) is 15.5. The molecule has 0 atom stereocenters. The van der Waals surface area contributed by atoms with Gasteiger partial charge in [0.2, 0.25) is 0 Å². The molecule has 1 amide bonds. The molecule has 2 aromatic carbocycles. The Balaban J connectivity index is 1.49. The SMILES string of the molecule is CCc1c(C(=O)Nc2ccc(N3CCN(CC)CC3)c(C)c2)cnn1-c1ccc(F)cc1. The average Bonchev–Trinajstić information content (AvgIpc) is 3.24. The van der Waals surface area contributed by atoms with Crippen molar-refractivity contribution in [2.75, 3.05) is 42.9 Å². The third-order valence-corrected chi connectivity index (χ3v) is 6.13. The third kappa shape index (κ3) is 4.53. The zero-order valence-electron chi connectivity index (χ0n) is 18.9. The number of hydrogen-bond donors (Lipinski definition) is 1. The van der Waals surface area contributed by atoms with Gasteiger partial charge in [-0.15, -0.1) is 0 Å². The molecule has 0 bridgehead atoms. The van der Waals surface area contributed by atoms with E-state index >= 15 is 0 Å². The van der Waals surface area contributed by atoms with Crippen molar-refractivity contribution in [3.05, 3.63) is 71.3 Å². The van der Waals surface area contributed by atoms with Crippen LogP contribution in [-0.2, 0) is 6.42 Å². The summed E-state index contributed by atoms with van der Waals surface area (Å²) in [6.07, 6.45) is 2.20. The fourth-order valence-corrected chi connectivity index (χ4v) is 4.30. The van der Waals surface area contributed by atoms with Gasteiger partial charge in [0.15, 0.2) is 0 Å². The fraction of sp³-hybridized carbons (Fsp3) is 0.360. The quantitative estimate of drug-likeness (QED) is 0.628. The number of anilines is 2. The van der Waals surface area contributed by atoms with Gasteiger partial charge in [0.1, 0.15) is 5.82 Å². The first kappa shape index (κ1) is 22.0. The molecule has 1 aromatic heterocycles. The van der Waals surface area contributed by atoms with Gasteiger partial charge in [0, 0.05) is 37.6 Å². The molecule has 0 unspecified atom stereocenters. The number of carbonyl (C=O) groups is 1. The van der Waals surface area contributed by atoms with Crippen LogP contribution in [0.3, 0.4) is 0 Å². The van der Waals surface area contributed by atoms with Crippen LogP contribution in [0.15, 0.2) is 48.7 Å². The molecular weight excluding hydrogens is 405 g/mol. The fourth-order valence-electron chi connectivity index (χ4n) is 4.30. The second-order valence-electron chi connectivity index (χ2n) is 8.12. The molecule has 1 fully saturated rings. The maximum absolute atomic E-state index is 13.3. The first-order valence-electron chi connectivity index (χ1n) is 11.2. The molecule has 32 heavy (non-hydrogen) atoms. The lowest BCUT2D eigenvalue weighted by molar-refractivity contribution is 0.102. The normalized spacial score (nSPS) is 14.6. The number of amides is 1. The Morgan fingerprint density at radius 3 is 2.41 bits per heavy atom. The second kappa shape index (κ2) is 9.53. The van der Waals surface area contributed by atoms with Gasteiger partial charge in [0.25, 0.3) is 5.91 Å². The molecule has 0 radical (unpaired) electrons.